The SMILES string of the molecule is CO[C@@H]1CCN(c2cc(-c3cn(C(C)C(C)C)c(=O)c4c(N)n[nH]c34)nn2C)C1. The highest BCUT2D eigenvalue weighted by molar-refractivity contribution is 5.97. The number of anilines is 2. The van der Waals surface area contributed by atoms with Crippen molar-refractivity contribution in [1.29, 1.82) is 0 Å². The van der Waals surface area contributed by atoms with Crippen LogP contribution in [0.1, 0.15) is 33.2 Å². The Kier molecular flexibility index (Phi) is 4.85. The number of pyridine rings is 1. The summed E-state index contributed by atoms with van der Waals surface area (Å²) in [5, 5.41) is 12.2. The van der Waals surface area contributed by atoms with E-state index in [1.54, 1.807) is 11.7 Å². The normalized spacial score (nSPS) is 18.3. The second-order valence-corrected chi connectivity index (χ2v) is 8.20. The Bertz CT molecular complexity index is 1090. The van der Waals surface area contributed by atoms with Gasteiger partial charge in [0.15, 0.2) is 5.82 Å². The van der Waals surface area contributed by atoms with Crippen LogP contribution >= 0.6 is 0 Å². The number of nitrogens with zero attached hydrogens (tertiary/aromatic N) is 5. The molecule has 0 saturated carbocycles. The van der Waals surface area contributed by atoms with Crippen molar-refractivity contribution < 1.29 is 4.74 Å². The Balaban J connectivity index is 1.85. The quantitative estimate of drug-likeness (QED) is 0.681. The topological polar surface area (TPSA) is 107 Å². The Morgan fingerprint density at radius 3 is 2.76 bits per heavy atom. The first-order valence-corrected chi connectivity index (χ1v) is 10.0. The van der Waals surface area contributed by atoms with Crippen molar-refractivity contribution in [1.82, 2.24) is 24.5 Å². The van der Waals surface area contributed by atoms with E-state index in [4.69, 9.17) is 15.6 Å². The van der Waals surface area contributed by atoms with Crippen molar-refractivity contribution in [2.24, 2.45) is 13.0 Å². The molecule has 4 heterocycles. The van der Waals surface area contributed by atoms with Crippen LogP contribution < -0.4 is 16.2 Å². The molecule has 1 saturated heterocycles. The summed E-state index contributed by atoms with van der Waals surface area (Å²) < 4.78 is 9.12. The van der Waals surface area contributed by atoms with Gasteiger partial charge in [-0.05, 0) is 19.3 Å². The van der Waals surface area contributed by atoms with Gasteiger partial charge in [-0.3, -0.25) is 14.6 Å². The Morgan fingerprint density at radius 2 is 2.10 bits per heavy atom. The third-order valence-corrected chi connectivity index (χ3v) is 6.12. The maximum Gasteiger partial charge on any atom is 0.264 e. The summed E-state index contributed by atoms with van der Waals surface area (Å²) in [6.07, 6.45) is 3.11. The number of rotatable bonds is 5. The minimum Gasteiger partial charge on any atom is -0.382 e. The Labute approximate surface area is 169 Å². The van der Waals surface area contributed by atoms with Crippen molar-refractivity contribution in [2.45, 2.75) is 39.3 Å². The van der Waals surface area contributed by atoms with Crippen LogP contribution in [-0.4, -0.2) is 50.8 Å². The van der Waals surface area contributed by atoms with Gasteiger partial charge in [0.05, 0.1) is 17.3 Å². The second-order valence-electron chi connectivity index (χ2n) is 8.20. The monoisotopic (exact) mass is 399 g/mol. The molecule has 0 spiro atoms. The number of hydrogen-bond donors (Lipinski definition) is 2. The Hall–Kier alpha value is -2.81. The molecule has 0 aromatic carbocycles. The third kappa shape index (κ3) is 3.19. The van der Waals surface area contributed by atoms with E-state index in [0.717, 1.165) is 36.6 Å². The van der Waals surface area contributed by atoms with E-state index in [0.29, 0.717) is 16.8 Å². The Morgan fingerprint density at radius 1 is 1.34 bits per heavy atom. The minimum absolute atomic E-state index is 0.0178. The van der Waals surface area contributed by atoms with E-state index in [1.807, 2.05) is 24.9 Å². The van der Waals surface area contributed by atoms with Crippen LogP contribution in [0.5, 0.6) is 0 Å². The van der Waals surface area contributed by atoms with Gasteiger partial charge in [-0.1, -0.05) is 13.8 Å². The first-order chi connectivity index (χ1) is 13.8. The summed E-state index contributed by atoms with van der Waals surface area (Å²) in [5.41, 5.74) is 8.13. The summed E-state index contributed by atoms with van der Waals surface area (Å²) in [4.78, 5) is 15.3. The molecule has 0 radical (unpaired) electrons. The number of fused-ring (bicyclic) bond motifs is 1. The van der Waals surface area contributed by atoms with Crippen LogP contribution in [0.2, 0.25) is 0 Å². The molecule has 4 rings (SSSR count). The molecule has 1 unspecified atom stereocenters. The number of aryl methyl sites for hydroxylation is 1. The second kappa shape index (κ2) is 7.22. The molecule has 2 atom stereocenters. The molecule has 1 fully saturated rings. The maximum absolute atomic E-state index is 13.1. The summed E-state index contributed by atoms with van der Waals surface area (Å²) in [6.45, 7) is 7.99. The molecule has 3 aromatic rings. The third-order valence-electron chi connectivity index (χ3n) is 6.12. The zero-order valence-corrected chi connectivity index (χ0v) is 17.6. The number of methoxy groups -OCH3 is 1. The van der Waals surface area contributed by atoms with Crippen LogP contribution in [0, 0.1) is 5.92 Å². The summed E-state index contributed by atoms with van der Waals surface area (Å²) in [5.74, 6) is 1.53. The van der Waals surface area contributed by atoms with Gasteiger partial charge in [0.2, 0.25) is 0 Å². The fourth-order valence-electron chi connectivity index (χ4n) is 3.99. The van der Waals surface area contributed by atoms with Crippen LogP contribution in [0.4, 0.5) is 11.6 Å². The molecule has 9 heteroatoms. The van der Waals surface area contributed by atoms with Crippen molar-refractivity contribution in [3.63, 3.8) is 0 Å². The van der Waals surface area contributed by atoms with E-state index >= 15 is 0 Å². The van der Waals surface area contributed by atoms with Gasteiger partial charge in [0.1, 0.15) is 11.2 Å². The van der Waals surface area contributed by atoms with Crippen LogP contribution in [0.15, 0.2) is 17.1 Å². The highest BCUT2D eigenvalue weighted by Crippen LogP contribution is 2.32. The first kappa shape index (κ1) is 19.5. The maximum atomic E-state index is 13.1. The lowest BCUT2D eigenvalue weighted by Gasteiger charge is -2.20. The van der Waals surface area contributed by atoms with Gasteiger partial charge in [0.25, 0.3) is 5.56 Å². The van der Waals surface area contributed by atoms with Crippen molar-refractivity contribution in [3.8, 4) is 11.3 Å². The summed E-state index contributed by atoms with van der Waals surface area (Å²) in [7, 11) is 3.69. The van der Waals surface area contributed by atoms with E-state index in [1.165, 1.54) is 0 Å². The molecule has 9 nitrogen and oxygen atoms in total. The predicted octanol–water partition coefficient (Wildman–Crippen LogP) is 2.15. The lowest BCUT2D eigenvalue weighted by atomic mass is 10.0. The average molecular weight is 399 g/mol. The molecule has 0 aliphatic carbocycles. The molecule has 29 heavy (non-hydrogen) atoms. The average Bonchev–Trinajstić information content (AvgIpc) is 3.40. The highest BCUT2D eigenvalue weighted by atomic mass is 16.5. The molecule has 156 valence electrons. The number of aromatic amines is 1. The van der Waals surface area contributed by atoms with Crippen LogP contribution in [-0.2, 0) is 11.8 Å². The zero-order chi connectivity index (χ0) is 20.9. The number of hydrogen-bond acceptors (Lipinski definition) is 6. The van der Waals surface area contributed by atoms with Crippen LogP contribution in [0.25, 0.3) is 22.2 Å². The van der Waals surface area contributed by atoms with Gasteiger partial charge < -0.3 is 19.9 Å². The highest BCUT2D eigenvalue weighted by Gasteiger charge is 2.26. The summed E-state index contributed by atoms with van der Waals surface area (Å²) >= 11 is 0. The molecule has 0 amide bonds. The number of nitrogens with two attached hydrogens (primary N) is 1. The van der Waals surface area contributed by atoms with Gasteiger partial charge in [-0.2, -0.15) is 10.2 Å². The van der Waals surface area contributed by atoms with Crippen molar-refractivity contribution in [2.75, 3.05) is 30.8 Å². The molecular formula is C20H29N7O2. The number of aromatic nitrogens is 5. The largest absolute Gasteiger partial charge is 0.382 e. The van der Waals surface area contributed by atoms with Gasteiger partial charge in [0, 0.05) is 51.1 Å². The minimum atomic E-state index is -0.130. The zero-order valence-electron chi connectivity index (χ0n) is 17.6. The van der Waals surface area contributed by atoms with Gasteiger partial charge in [-0.15, -0.1) is 0 Å². The fraction of sp³-hybridized carbons (Fsp3) is 0.550. The molecule has 0 bridgehead atoms. The number of nitrogens with one attached hydrogen (secondary N) is 1. The fourth-order valence-corrected chi connectivity index (χ4v) is 3.99. The van der Waals surface area contributed by atoms with Gasteiger partial charge >= 0.3 is 0 Å². The van der Waals surface area contributed by atoms with Crippen LogP contribution in [0.3, 0.4) is 0 Å². The predicted molar refractivity (Wildman–Crippen MR) is 114 cm³/mol. The molecular weight excluding hydrogens is 370 g/mol. The van der Waals surface area contributed by atoms with Crippen molar-refractivity contribution >= 4 is 22.5 Å². The van der Waals surface area contributed by atoms with Crippen molar-refractivity contribution in [3.05, 3.63) is 22.6 Å². The molecule has 1 aliphatic rings. The lowest BCUT2D eigenvalue weighted by molar-refractivity contribution is 0.121. The molecule has 3 N–H and O–H groups in total. The summed E-state index contributed by atoms with van der Waals surface area (Å²) in [6, 6.07) is 2.07. The standard InChI is InChI=1S/C20H29N7O2/c1-11(2)12(3)27-10-14(18-17(20(27)28)19(21)23-22-18)15-8-16(25(4)24-15)26-7-6-13(9-26)29-5/h8,10-13H,6-7,9H2,1-5H3,(H3,21,22,23)/t12?,13-/m1/s1. The van der Waals surface area contributed by atoms with Gasteiger partial charge in [-0.25, -0.2) is 0 Å². The number of nitrogen functional groups attached to an aromatic ring is 1. The molecule has 3 aromatic heterocycles. The number of H-pyrrole nitrogens is 1. The molecule has 1 aliphatic heterocycles. The first-order valence-electron chi connectivity index (χ1n) is 10.0. The van der Waals surface area contributed by atoms with E-state index < -0.39 is 0 Å². The lowest BCUT2D eigenvalue weighted by Crippen LogP contribution is -2.26. The van der Waals surface area contributed by atoms with E-state index in [-0.39, 0.29) is 23.5 Å². The smallest absolute Gasteiger partial charge is 0.264 e. The van der Waals surface area contributed by atoms with E-state index in [9.17, 15) is 4.79 Å². The number of ether oxygens (including phenoxy) is 1. The van der Waals surface area contributed by atoms with E-state index in [2.05, 4.69) is 35.0 Å².